The minimum atomic E-state index is -0.789. The number of hydrogen-bond donors (Lipinski definition) is 2. The number of piperidine rings is 1. The molecular formula is C14H18ClN3O2S. The number of halogens is 1. The van der Waals surface area contributed by atoms with Crippen molar-refractivity contribution >= 4 is 34.9 Å². The summed E-state index contributed by atoms with van der Waals surface area (Å²) in [5.74, 6) is -0.0772. The van der Waals surface area contributed by atoms with Crippen molar-refractivity contribution in [2.24, 2.45) is 5.92 Å². The lowest BCUT2D eigenvalue weighted by molar-refractivity contribution is -0.126. The van der Waals surface area contributed by atoms with Crippen molar-refractivity contribution in [3.05, 3.63) is 21.3 Å². The Labute approximate surface area is 132 Å². The summed E-state index contributed by atoms with van der Waals surface area (Å²) in [6.45, 7) is 4.49. The Balaban J connectivity index is 1.68. The number of carbonyl (C=O) groups excluding carboxylic acids is 2. The van der Waals surface area contributed by atoms with Gasteiger partial charge < -0.3 is 5.32 Å². The number of urea groups is 1. The van der Waals surface area contributed by atoms with Crippen LogP contribution in [0.15, 0.2) is 12.1 Å². The van der Waals surface area contributed by atoms with E-state index >= 15 is 0 Å². The van der Waals surface area contributed by atoms with Crippen LogP contribution in [0.1, 0.15) is 24.6 Å². The molecule has 2 aliphatic rings. The second-order valence-corrected chi connectivity index (χ2v) is 7.69. The summed E-state index contributed by atoms with van der Waals surface area (Å²) in [5.41, 5.74) is -0.789. The maximum absolute atomic E-state index is 12.0. The normalized spacial score (nSPS) is 30.3. The van der Waals surface area contributed by atoms with E-state index in [9.17, 15) is 9.59 Å². The monoisotopic (exact) mass is 327 g/mol. The number of carbonyl (C=O) groups is 2. The Morgan fingerprint density at radius 2 is 2.29 bits per heavy atom. The Hall–Kier alpha value is -1.11. The number of nitrogens with zero attached hydrogens (tertiary/aromatic N) is 1. The summed E-state index contributed by atoms with van der Waals surface area (Å²) in [7, 11) is 0. The van der Waals surface area contributed by atoms with Crippen LogP contribution in [0.4, 0.5) is 4.79 Å². The van der Waals surface area contributed by atoms with Gasteiger partial charge in [0.15, 0.2) is 0 Å². The van der Waals surface area contributed by atoms with Crippen molar-refractivity contribution < 1.29 is 9.59 Å². The molecule has 3 rings (SSSR count). The molecule has 0 aliphatic carbocycles. The van der Waals surface area contributed by atoms with E-state index < -0.39 is 5.54 Å². The molecule has 0 spiro atoms. The summed E-state index contributed by atoms with van der Waals surface area (Å²) < 4.78 is 0.799. The average molecular weight is 328 g/mol. The Bertz CT molecular complexity index is 576. The summed E-state index contributed by atoms with van der Waals surface area (Å²) >= 11 is 7.56. The van der Waals surface area contributed by atoms with Gasteiger partial charge in [0.05, 0.1) is 4.34 Å². The van der Waals surface area contributed by atoms with Gasteiger partial charge in [-0.3, -0.25) is 15.0 Å². The van der Waals surface area contributed by atoms with Crippen molar-refractivity contribution in [3.63, 3.8) is 0 Å². The van der Waals surface area contributed by atoms with E-state index in [1.165, 1.54) is 4.88 Å². The Morgan fingerprint density at radius 3 is 2.90 bits per heavy atom. The maximum Gasteiger partial charge on any atom is 0.322 e. The van der Waals surface area contributed by atoms with Gasteiger partial charge in [0, 0.05) is 23.9 Å². The molecule has 5 nitrogen and oxygen atoms in total. The molecule has 2 atom stereocenters. The zero-order valence-corrected chi connectivity index (χ0v) is 13.4. The smallest absolute Gasteiger partial charge is 0.322 e. The van der Waals surface area contributed by atoms with Crippen LogP contribution in [0.25, 0.3) is 0 Å². The van der Waals surface area contributed by atoms with Crippen LogP contribution >= 0.6 is 22.9 Å². The van der Waals surface area contributed by atoms with Crippen LogP contribution in [0.5, 0.6) is 0 Å². The molecule has 0 bridgehead atoms. The standard InChI is InChI=1S/C14H18ClN3O2S/c1-14(12(19)16-13(20)17-14)9-3-2-6-18(7-9)8-10-4-5-11(15)21-10/h4-5,9H,2-3,6-8H2,1H3,(H2,16,17,19,20)/t9-,14+/m1/s1. The second-order valence-electron chi connectivity index (χ2n) is 5.89. The van der Waals surface area contributed by atoms with Gasteiger partial charge >= 0.3 is 6.03 Å². The number of imide groups is 1. The van der Waals surface area contributed by atoms with E-state index in [4.69, 9.17) is 11.6 Å². The number of nitrogens with one attached hydrogen (secondary N) is 2. The first-order valence-corrected chi connectivity index (χ1v) is 8.27. The highest BCUT2D eigenvalue weighted by molar-refractivity contribution is 7.16. The molecule has 2 N–H and O–H groups in total. The van der Waals surface area contributed by atoms with Gasteiger partial charge in [-0.1, -0.05) is 11.6 Å². The lowest BCUT2D eigenvalue weighted by Gasteiger charge is -2.39. The number of rotatable bonds is 3. The lowest BCUT2D eigenvalue weighted by Crippen LogP contribution is -2.55. The van der Waals surface area contributed by atoms with Gasteiger partial charge in [-0.2, -0.15) is 0 Å². The molecule has 0 aromatic carbocycles. The van der Waals surface area contributed by atoms with Crippen LogP contribution in [0, 0.1) is 5.92 Å². The fourth-order valence-corrected chi connectivity index (χ4v) is 4.30. The first kappa shape index (κ1) is 14.8. The molecule has 0 unspecified atom stereocenters. The highest BCUT2D eigenvalue weighted by atomic mass is 35.5. The minimum Gasteiger partial charge on any atom is -0.323 e. The fourth-order valence-electron chi connectivity index (χ4n) is 3.17. The average Bonchev–Trinajstić information content (AvgIpc) is 2.94. The van der Waals surface area contributed by atoms with E-state index in [2.05, 4.69) is 15.5 Å². The summed E-state index contributed by atoms with van der Waals surface area (Å²) in [6.07, 6.45) is 1.98. The number of likely N-dealkylation sites (tertiary alicyclic amines) is 1. The van der Waals surface area contributed by atoms with Gasteiger partial charge in [-0.25, -0.2) is 4.79 Å². The van der Waals surface area contributed by atoms with E-state index in [0.29, 0.717) is 0 Å². The predicted octanol–water partition coefficient (Wildman–Crippen LogP) is 2.21. The van der Waals surface area contributed by atoms with E-state index in [1.807, 2.05) is 19.1 Å². The molecule has 3 heterocycles. The zero-order chi connectivity index (χ0) is 15.0. The highest BCUT2D eigenvalue weighted by Gasteiger charge is 2.48. The van der Waals surface area contributed by atoms with E-state index in [-0.39, 0.29) is 17.9 Å². The van der Waals surface area contributed by atoms with Gasteiger partial charge in [0.25, 0.3) is 5.91 Å². The third kappa shape index (κ3) is 2.93. The van der Waals surface area contributed by atoms with Gasteiger partial charge in [-0.05, 0) is 38.4 Å². The first-order chi connectivity index (χ1) is 9.97. The van der Waals surface area contributed by atoms with Crippen molar-refractivity contribution in [2.75, 3.05) is 13.1 Å². The highest BCUT2D eigenvalue weighted by Crippen LogP contribution is 2.31. The maximum atomic E-state index is 12.0. The summed E-state index contributed by atoms with van der Waals surface area (Å²) in [6, 6.07) is 3.57. The summed E-state index contributed by atoms with van der Waals surface area (Å²) in [5, 5.41) is 5.14. The molecule has 21 heavy (non-hydrogen) atoms. The lowest BCUT2D eigenvalue weighted by atomic mass is 9.80. The number of thiophene rings is 1. The van der Waals surface area contributed by atoms with Crippen LogP contribution in [-0.4, -0.2) is 35.5 Å². The third-order valence-corrected chi connectivity index (χ3v) is 5.62. The molecule has 114 valence electrons. The first-order valence-electron chi connectivity index (χ1n) is 7.07. The van der Waals surface area contributed by atoms with Crippen molar-refractivity contribution in [1.29, 1.82) is 0 Å². The topological polar surface area (TPSA) is 61.4 Å². The minimum absolute atomic E-state index is 0.133. The van der Waals surface area contributed by atoms with Crippen LogP contribution < -0.4 is 10.6 Å². The SMILES string of the molecule is C[C@@]1([C@@H]2CCCN(Cc3ccc(Cl)s3)C2)NC(=O)NC1=O. The Kier molecular flexibility index (Phi) is 3.94. The second kappa shape index (κ2) is 5.59. The van der Waals surface area contributed by atoms with Gasteiger partial charge in [-0.15, -0.1) is 11.3 Å². The fraction of sp³-hybridized carbons (Fsp3) is 0.571. The number of hydrogen-bond acceptors (Lipinski definition) is 4. The largest absolute Gasteiger partial charge is 0.323 e. The molecule has 3 amide bonds. The third-order valence-electron chi connectivity index (χ3n) is 4.40. The molecule has 0 saturated carbocycles. The molecule has 0 radical (unpaired) electrons. The Morgan fingerprint density at radius 1 is 1.48 bits per heavy atom. The van der Waals surface area contributed by atoms with E-state index in [1.54, 1.807) is 11.3 Å². The van der Waals surface area contributed by atoms with E-state index in [0.717, 1.165) is 36.8 Å². The molecule has 2 fully saturated rings. The molecule has 2 saturated heterocycles. The van der Waals surface area contributed by atoms with Gasteiger partial charge in [0.2, 0.25) is 0 Å². The zero-order valence-electron chi connectivity index (χ0n) is 11.8. The molecule has 1 aromatic heterocycles. The van der Waals surface area contributed by atoms with Gasteiger partial charge in [0.1, 0.15) is 5.54 Å². The van der Waals surface area contributed by atoms with Crippen molar-refractivity contribution in [1.82, 2.24) is 15.5 Å². The van der Waals surface area contributed by atoms with Crippen LogP contribution in [0.3, 0.4) is 0 Å². The quantitative estimate of drug-likeness (QED) is 0.837. The molecule has 7 heteroatoms. The predicted molar refractivity (Wildman–Crippen MR) is 82.4 cm³/mol. The van der Waals surface area contributed by atoms with Crippen LogP contribution in [0.2, 0.25) is 4.34 Å². The summed E-state index contributed by atoms with van der Waals surface area (Å²) in [4.78, 5) is 27.0. The molecular weight excluding hydrogens is 310 g/mol. The van der Waals surface area contributed by atoms with Crippen LogP contribution in [-0.2, 0) is 11.3 Å². The van der Waals surface area contributed by atoms with Crippen molar-refractivity contribution in [3.8, 4) is 0 Å². The number of amides is 3. The van der Waals surface area contributed by atoms with Crippen molar-refractivity contribution in [2.45, 2.75) is 31.8 Å². The molecule has 2 aliphatic heterocycles. The molecule has 1 aromatic rings.